The Hall–Kier alpha value is -3.18. The van der Waals surface area contributed by atoms with E-state index in [-0.39, 0.29) is 29.3 Å². The monoisotopic (exact) mass is 459 g/mol. The molecule has 3 heterocycles. The molecule has 2 aliphatic rings. The van der Waals surface area contributed by atoms with Crippen molar-refractivity contribution in [3.05, 3.63) is 29.7 Å². The molecule has 6 N–H and O–H groups in total. The number of hydrogen-bond acceptors (Lipinski definition) is 9. The second-order valence-corrected chi connectivity index (χ2v) is 8.26. The van der Waals surface area contributed by atoms with Crippen molar-refractivity contribution in [2.75, 3.05) is 48.9 Å². The summed E-state index contributed by atoms with van der Waals surface area (Å²) in [6.45, 7) is 2.59. The van der Waals surface area contributed by atoms with E-state index in [2.05, 4.69) is 25.5 Å². The smallest absolute Gasteiger partial charge is 0.252 e. The molecule has 1 aliphatic carbocycles. The summed E-state index contributed by atoms with van der Waals surface area (Å²) >= 11 is 0. The largest absolute Gasteiger partial charge is 0.480 e. The molecule has 11 heteroatoms. The lowest BCUT2D eigenvalue weighted by Crippen LogP contribution is -2.43. The maximum atomic E-state index is 14.8. The van der Waals surface area contributed by atoms with Crippen LogP contribution in [0.2, 0.25) is 0 Å². The van der Waals surface area contributed by atoms with Crippen LogP contribution in [0.3, 0.4) is 0 Å². The number of halogens is 1. The molecule has 2 aromatic heterocycles. The first-order valence-electron chi connectivity index (χ1n) is 11.1. The van der Waals surface area contributed by atoms with Crippen LogP contribution < -0.4 is 31.7 Å². The fraction of sp³-hybridized carbons (Fsp3) is 0.500. The van der Waals surface area contributed by atoms with Gasteiger partial charge in [0.25, 0.3) is 5.91 Å². The Morgan fingerprint density at radius 2 is 2.00 bits per heavy atom. The third kappa shape index (κ3) is 5.25. The van der Waals surface area contributed by atoms with E-state index >= 15 is 0 Å². The van der Waals surface area contributed by atoms with Gasteiger partial charge in [-0.2, -0.15) is 0 Å². The first kappa shape index (κ1) is 23.0. The van der Waals surface area contributed by atoms with Gasteiger partial charge in [0.2, 0.25) is 5.88 Å². The van der Waals surface area contributed by atoms with Gasteiger partial charge < -0.3 is 36.5 Å². The molecular weight excluding hydrogens is 429 g/mol. The van der Waals surface area contributed by atoms with Gasteiger partial charge in [-0.15, -0.1) is 0 Å². The quantitative estimate of drug-likeness (QED) is 0.489. The lowest BCUT2D eigenvalue weighted by atomic mass is 9.91. The van der Waals surface area contributed by atoms with Crippen molar-refractivity contribution in [2.24, 2.45) is 11.5 Å². The molecule has 4 rings (SSSR count). The highest BCUT2D eigenvalue weighted by molar-refractivity contribution is 5.98. The van der Waals surface area contributed by atoms with Gasteiger partial charge in [0.1, 0.15) is 11.5 Å². The number of nitrogens with one attached hydrogen (secondary N) is 2. The third-order valence-corrected chi connectivity index (χ3v) is 6.02. The number of primary amides is 1. The number of pyridine rings is 2. The lowest BCUT2D eigenvalue weighted by molar-refractivity contribution is 0.100. The van der Waals surface area contributed by atoms with Gasteiger partial charge in [-0.3, -0.25) is 4.79 Å². The Morgan fingerprint density at radius 1 is 1.24 bits per heavy atom. The molecule has 0 aromatic carbocycles. The molecule has 0 bridgehead atoms. The summed E-state index contributed by atoms with van der Waals surface area (Å²) in [4.78, 5) is 22.8. The highest BCUT2D eigenvalue weighted by Gasteiger charge is 2.25. The number of anilines is 4. The summed E-state index contributed by atoms with van der Waals surface area (Å²) in [5.41, 5.74) is 13.0. The molecule has 1 amide bonds. The normalized spacial score (nSPS) is 20.9. The van der Waals surface area contributed by atoms with Gasteiger partial charge in [-0.1, -0.05) is 12.8 Å². The van der Waals surface area contributed by atoms with Crippen LogP contribution in [-0.2, 0) is 4.74 Å². The van der Waals surface area contributed by atoms with Gasteiger partial charge in [0.15, 0.2) is 11.6 Å². The summed E-state index contributed by atoms with van der Waals surface area (Å²) in [6.07, 6.45) is 5.32. The van der Waals surface area contributed by atoms with Crippen LogP contribution in [0.25, 0.3) is 0 Å². The van der Waals surface area contributed by atoms with Crippen molar-refractivity contribution in [3.63, 3.8) is 0 Å². The topological polar surface area (TPSA) is 141 Å². The van der Waals surface area contributed by atoms with E-state index in [0.717, 1.165) is 37.4 Å². The van der Waals surface area contributed by atoms with Crippen molar-refractivity contribution >= 4 is 28.9 Å². The Labute approximate surface area is 191 Å². The zero-order valence-corrected chi connectivity index (χ0v) is 18.6. The van der Waals surface area contributed by atoms with Crippen LogP contribution >= 0.6 is 0 Å². The molecule has 2 atom stereocenters. The molecule has 0 spiro atoms. The summed E-state index contributed by atoms with van der Waals surface area (Å²) in [7, 11) is 1.56. The number of carbonyl (C=O) groups is 1. The second-order valence-electron chi connectivity index (χ2n) is 8.26. The number of nitrogens with zero attached hydrogens (tertiary/aromatic N) is 3. The molecule has 10 nitrogen and oxygen atoms in total. The Morgan fingerprint density at radius 3 is 2.70 bits per heavy atom. The Bertz CT molecular complexity index is 1000. The Kier molecular flexibility index (Phi) is 7.09. The van der Waals surface area contributed by atoms with E-state index in [1.807, 2.05) is 6.07 Å². The SMILES string of the molecule is COc1ncc(Nc2nc(N[C@@H]3CCCC[C@@H]3N)c(F)cc2C(N)=O)cc1N1CCOCC1. The van der Waals surface area contributed by atoms with E-state index in [1.165, 1.54) is 0 Å². The number of ether oxygens (including phenoxy) is 2. The number of hydrogen-bond donors (Lipinski definition) is 4. The average Bonchev–Trinajstić information content (AvgIpc) is 2.82. The fourth-order valence-corrected chi connectivity index (χ4v) is 4.22. The maximum Gasteiger partial charge on any atom is 0.252 e. The van der Waals surface area contributed by atoms with Crippen LogP contribution in [0.4, 0.5) is 27.4 Å². The number of carbonyl (C=O) groups excluding carboxylic acids is 1. The van der Waals surface area contributed by atoms with Crippen LogP contribution in [-0.4, -0.2) is 61.4 Å². The molecule has 1 saturated heterocycles. The molecule has 0 radical (unpaired) electrons. The van der Waals surface area contributed by atoms with E-state index in [4.69, 9.17) is 20.9 Å². The van der Waals surface area contributed by atoms with E-state index in [1.54, 1.807) is 13.3 Å². The molecule has 2 fully saturated rings. The van der Waals surface area contributed by atoms with E-state index in [0.29, 0.717) is 37.9 Å². The third-order valence-electron chi connectivity index (χ3n) is 6.02. The molecule has 1 saturated carbocycles. The van der Waals surface area contributed by atoms with E-state index in [9.17, 15) is 9.18 Å². The highest BCUT2D eigenvalue weighted by atomic mass is 19.1. The zero-order valence-electron chi connectivity index (χ0n) is 18.6. The highest BCUT2D eigenvalue weighted by Crippen LogP contribution is 2.32. The minimum absolute atomic E-state index is 0.0275. The number of methoxy groups -OCH3 is 1. The van der Waals surface area contributed by atoms with Crippen LogP contribution in [0.15, 0.2) is 18.3 Å². The van der Waals surface area contributed by atoms with Crippen LogP contribution in [0.1, 0.15) is 36.0 Å². The molecule has 2 aromatic rings. The first-order valence-corrected chi connectivity index (χ1v) is 11.1. The number of nitrogens with two attached hydrogens (primary N) is 2. The predicted octanol–water partition coefficient (Wildman–Crippen LogP) is 1.99. The zero-order chi connectivity index (χ0) is 23.4. The predicted molar refractivity (Wildman–Crippen MR) is 124 cm³/mol. The van der Waals surface area contributed by atoms with Crippen molar-refractivity contribution in [2.45, 2.75) is 37.8 Å². The summed E-state index contributed by atoms with van der Waals surface area (Å²) in [6, 6.07) is 2.75. The molecule has 33 heavy (non-hydrogen) atoms. The second kappa shape index (κ2) is 10.2. The van der Waals surface area contributed by atoms with Crippen molar-refractivity contribution in [3.8, 4) is 5.88 Å². The minimum atomic E-state index is -0.792. The molecule has 0 unspecified atom stereocenters. The first-order chi connectivity index (χ1) is 16.0. The molecule has 1 aliphatic heterocycles. The summed E-state index contributed by atoms with van der Waals surface area (Å²) in [5, 5.41) is 6.19. The summed E-state index contributed by atoms with van der Waals surface area (Å²) in [5.74, 6) is -0.817. The molecule has 178 valence electrons. The van der Waals surface area contributed by atoms with Gasteiger partial charge in [-0.25, -0.2) is 14.4 Å². The van der Waals surface area contributed by atoms with Crippen LogP contribution in [0.5, 0.6) is 5.88 Å². The molecular formula is C22H30FN7O3. The van der Waals surface area contributed by atoms with Crippen molar-refractivity contribution in [1.82, 2.24) is 9.97 Å². The minimum Gasteiger partial charge on any atom is -0.480 e. The maximum absolute atomic E-state index is 14.8. The van der Waals surface area contributed by atoms with Gasteiger partial charge in [0.05, 0.1) is 37.8 Å². The van der Waals surface area contributed by atoms with Gasteiger partial charge >= 0.3 is 0 Å². The fourth-order valence-electron chi connectivity index (χ4n) is 4.22. The Balaban J connectivity index is 1.64. The summed E-state index contributed by atoms with van der Waals surface area (Å²) < 4.78 is 25.6. The lowest BCUT2D eigenvalue weighted by Gasteiger charge is -2.30. The number of aromatic nitrogens is 2. The standard InChI is InChI=1S/C22H30FN7O3/c1-32-22-18(30-6-8-33-9-7-30)10-13(12-26-22)27-20-14(19(25)31)11-15(23)21(29-20)28-17-5-3-2-4-16(17)24/h10-12,16-17H,2-9,24H2,1H3,(H2,25,31)(H2,27,28,29)/t16-,17+/m0/s1. The van der Waals surface area contributed by atoms with Gasteiger partial charge in [0, 0.05) is 25.2 Å². The van der Waals surface area contributed by atoms with Crippen LogP contribution in [0, 0.1) is 5.82 Å². The average molecular weight is 460 g/mol. The van der Waals surface area contributed by atoms with Crippen molar-refractivity contribution < 1.29 is 18.7 Å². The number of amides is 1. The number of morpholine rings is 1. The van der Waals surface area contributed by atoms with E-state index < -0.39 is 11.7 Å². The number of rotatable bonds is 7. The van der Waals surface area contributed by atoms with Crippen molar-refractivity contribution in [1.29, 1.82) is 0 Å². The van der Waals surface area contributed by atoms with Gasteiger partial charge in [-0.05, 0) is 25.0 Å².